The van der Waals surface area contributed by atoms with E-state index in [4.69, 9.17) is 22.1 Å². The molecule has 2 aromatic carbocycles. The number of aromatic nitrogens is 4. The molecule has 1 aliphatic heterocycles. The van der Waals surface area contributed by atoms with Crippen molar-refractivity contribution in [1.82, 2.24) is 23.6 Å². The Labute approximate surface area is 196 Å². The third kappa shape index (κ3) is 3.83. The largest absolute Gasteiger partial charge is 0.497 e. The van der Waals surface area contributed by atoms with Crippen molar-refractivity contribution >= 4 is 34.6 Å². The van der Waals surface area contributed by atoms with Gasteiger partial charge in [-0.1, -0.05) is 18.2 Å². The summed E-state index contributed by atoms with van der Waals surface area (Å²) in [4.78, 5) is 17.8. The van der Waals surface area contributed by atoms with Gasteiger partial charge < -0.3 is 9.64 Å². The summed E-state index contributed by atoms with van der Waals surface area (Å²) >= 11 is 5.81. The monoisotopic (exact) mass is 462 g/mol. The van der Waals surface area contributed by atoms with Gasteiger partial charge >= 0.3 is 0 Å². The average molecular weight is 463 g/mol. The standard InChI is InChI=1S/C24H26N6O2S/c1-3-12-28-22(31)20-6-4-5-7-21(20)30-23(28)25-29(24(30)33)17-26-13-15-27(16-14-26)18-8-10-19(32-2)11-9-18/h3-11H,1,12-17H2,2H3. The highest BCUT2D eigenvalue weighted by atomic mass is 32.1. The van der Waals surface area contributed by atoms with Gasteiger partial charge in [0, 0.05) is 38.4 Å². The quantitative estimate of drug-likeness (QED) is 0.324. The van der Waals surface area contributed by atoms with Gasteiger partial charge in [0.1, 0.15) is 5.75 Å². The van der Waals surface area contributed by atoms with E-state index in [1.54, 1.807) is 17.8 Å². The third-order valence-corrected chi connectivity index (χ3v) is 6.53. The number of fused-ring (bicyclic) bond motifs is 3. The second-order valence-corrected chi connectivity index (χ2v) is 8.45. The van der Waals surface area contributed by atoms with Gasteiger partial charge in [0.05, 0.1) is 24.7 Å². The van der Waals surface area contributed by atoms with Gasteiger partial charge in [0.25, 0.3) is 5.56 Å². The summed E-state index contributed by atoms with van der Waals surface area (Å²) in [6, 6.07) is 15.7. The van der Waals surface area contributed by atoms with Crippen molar-refractivity contribution in [3.8, 4) is 5.75 Å². The van der Waals surface area contributed by atoms with Gasteiger partial charge in [-0.2, -0.15) is 0 Å². The SMILES string of the molecule is C=CCn1c(=O)c2ccccc2n2c(=S)n(CN3CCN(c4ccc(OC)cc4)CC3)nc12. The predicted molar refractivity (Wildman–Crippen MR) is 133 cm³/mol. The van der Waals surface area contributed by atoms with E-state index in [-0.39, 0.29) is 5.56 Å². The lowest BCUT2D eigenvalue weighted by molar-refractivity contribution is 0.194. The van der Waals surface area contributed by atoms with Gasteiger partial charge in [-0.15, -0.1) is 11.7 Å². The second kappa shape index (κ2) is 8.84. The average Bonchev–Trinajstić information content (AvgIpc) is 3.18. The van der Waals surface area contributed by atoms with E-state index in [1.165, 1.54) is 5.69 Å². The summed E-state index contributed by atoms with van der Waals surface area (Å²) in [5, 5.41) is 5.37. The van der Waals surface area contributed by atoms with Crippen molar-refractivity contribution in [2.24, 2.45) is 0 Å². The number of ether oxygens (including phenoxy) is 1. The van der Waals surface area contributed by atoms with Crippen LogP contribution in [0, 0.1) is 4.77 Å². The third-order valence-electron chi connectivity index (χ3n) is 6.14. The van der Waals surface area contributed by atoms with Gasteiger partial charge in [0.15, 0.2) is 0 Å². The molecule has 4 aromatic rings. The summed E-state index contributed by atoms with van der Waals surface area (Å²) in [5.41, 5.74) is 1.89. The van der Waals surface area contributed by atoms with Crippen molar-refractivity contribution in [3.05, 3.63) is 76.3 Å². The molecule has 1 fully saturated rings. The van der Waals surface area contributed by atoms with E-state index >= 15 is 0 Å². The predicted octanol–water partition coefficient (Wildman–Crippen LogP) is 3.15. The van der Waals surface area contributed by atoms with Crippen LogP contribution < -0.4 is 15.2 Å². The minimum absolute atomic E-state index is 0.0849. The molecule has 0 saturated carbocycles. The van der Waals surface area contributed by atoms with E-state index in [1.807, 2.05) is 45.5 Å². The lowest BCUT2D eigenvalue weighted by Gasteiger charge is -2.35. The number of para-hydroxylation sites is 1. The molecule has 1 saturated heterocycles. The molecule has 9 heteroatoms. The molecule has 8 nitrogen and oxygen atoms in total. The Bertz CT molecular complexity index is 1430. The summed E-state index contributed by atoms with van der Waals surface area (Å²) in [6.45, 7) is 8.36. The number of methoxy groups -OCH3 is 1. The fourth-order valence-electron chi connectivity index (χ4n) is 4.38. The molecule has 0 bridgehead atoms. The van der Waals surface area contributed by atoms with Crippen LogP contribution in [0.15, 0.2) is 66.0 Å². The molecule has 3 heterocycles. The van der Waals surface area contributed by atoms with Crippen LogP contribution in [0.1, 0.15) is 0 Å². The maximum absolute atomic E-state index is 13.0. The van der Waals surface area contributed by atoms with Gasteiger partial charge in [-0.25, -0.2) is 4.68 Å². The summed E-state index contributed by atoms with van der Waals surface area (Å²) in [7, 11) is 1.68. The molecule has 0 aliphatic carbocycles. The van der Waals surface area contributed by atoms with Gasteiger partial charge in [0.2, 0.25) is 10.5 Å². The van der Waals surface area contributed by atoms with Crippen LogP contribution in [0.25, 0.3) is 16.7 Å². The Morgan fingerprint density at radius 2 is 1.82 bits per heavy atom. The Hall–Kier alpha value is -3.43. The lowest BCUT2D eigenvalue weighted by atomic mass is 10.2. The summed E-state index contributed by atoms with van der Waals surface area (Å²) < 4.78 is 11.2. The normalized spacial score (nSPS) is 14.8. The van der Waals surface area contributed by atoms with E-state index < -0.39 is 0 Å². The maximum Gasteiger partial charge on any atom is 0.263 e. The molecule has 1 aliphatic rings. The van der Waals surface area contributed by atoms with Crippen molar-refractivity contribution in [3.63, 3.8) is 0 Å². The molecule has 0 spiro atoms. The molecule has 0 amide bonds. The summed E-state index contributed by atoms with van der Waals surface area (Å²) in [6.07, 6.45) is 1.70. The second-order valence-electron chi connectivity index (χ2n) is 8.08. The van der Waals surface area contributed by atoms with Crippen LogP contribution in [0.4, 0.5) is 5.69 Å². The minimum Gasteiger partial charge on any atom is -0.497 e. The first-order valence-electron chi connectivity index (χ1n) is 10.9. The Balaban J connectivity index is 1.42. The van der Waals surface area contributed by atoms with Crippen molar-refractivity contribution in [2.75, 3.05) is 38.2 Å². The summed E-state index contributed by atoms with van der Waals surface area (Å²) in [5.74, 6) is 1.40. The van der Waals surface area contributed by atoms with E-state index in [2.05, 4.69) is 28.5 Å². The van der Waals surface area contributed by atoms with Gasteiger partial charge in [-0.3, -0.25) is 18.7 Å². The van der Waals surface area contributed by atoms with Crippen LogP contribution in [0.3, 0.4) is 0 Å². The highest BCUT2D eigenvalue weighted by Gasteiger charge is 2.20. The number of allylic oxidation sites excluding steroid dienone is 1. The highest BCUT2D eigenvalue weighted by molar-refractivity contribution is 7.71. The van der Waals surface area contributed by atoms with Crippen molar-refractivity contribution in [1.29, 1.82) is 0 Å². The van der Waals surface area contributed by atoms with Crippen LogP contribution in [-0.4, -0.2) is 56.9 Å². The Morgan fingerprint density at radius 1 is 1.09 bits per heavy atom. The van der Waals surface area contributed by atoms with Crippen LogP contribution in [0.5, 0.6) is 5.75 Å². The van der Waals surface area contributed by atoms with Crippen molar-refractivity contribution < 1.29 is 4.74 Å². The zero-order valence-corrected chi connectivity index (χ0v) is 19.4. The zero-order valence-electron chi connectivity index (χ0n) is 18.6. The Morgan fingerprint density at radius 3 is 2.52 bits per heavy atom. The molecule has 5 rings (SSSR count). The molecule has 33 heavy (non-hydrogen) atoms. The zero-order chi connectivity index (χ0) is 22.9. The van der Waals surface area contributed by atoms with Crippen LogP contribution in [-0.2, 0) is 13.2 Å². The first-order valence-corrected chi connectivity index (χ1v) is 11.3. The van der Waals surface area contributed by atoms with Crippen LogP contribution >= 0.6 is 12.2 Å². The molecule has 0 atom stereocenters. The fraction of sp³-hybridized carbons (Fsp3) is 0.292. The van der Waals surface area contributed by atoms with Gasteiger partial charge in [-0.05, 0) is 48.6 Å². The minimum atomic E-state index is -0.0849. The number of piperazine rings is 1. The van der Waals surface area contributed by atoms with E-state index in [0.29, 0.717) is 29.1 Å². The number of nitrogens with zero attached hydrogens (tertiary/aromatic N) is 6. The first-order chi connectivity index (χ1) is 16.1. The molecular weight excluding hydrogens is 436 g/mol. The number of anilines is 1. The molecule has 0 radical (unpaired) electrons. The van der Waals surface area contributed by atoms with E-state index in [9.17, 15) is 4.79 Å². The first kappa shape index (κ1) is 21.4. The Kier molecular flexibility index (Phi) is 5.74. The molecule has 0 unspecified atom stereocenters. The molecule has 0 N–H and O–H groups in total. The fourth-order valence-corrected chi connectivity index (χ4v) is 4.66. The van der Waals surface area contributed by atoms with Crippen LogP contribution in [0.2, 0.25) is 0 Å². The smallest absolute Gasteiger partial charge is 0.263 e. The molecule has 2 aromatic heterocycles. The lowest BCUT2D eigenvalue weighted by Crippen LogP contribution is -2.47. The number of hydrogen-bond acceptors (Lipinski definition) is 6. The molecular formula is C24H26N6O2S. The van der Waals surface area contributed by atoms with E-state index in [0.717, 1.165) is 37.4 Å². The number of rotatable bonds is 6. The molecule has 170 valence electrons. The maximum atomic E-state index is 13.0. The van der Waals surface area contributed by atoms with Crippen molar-refractivity contribution in [2.45, 2.75) is 13.2 Å². The highest BCUT2D eigenvalue weighted by Crippen LogP contribution is 2.21. The number of benzene rings is 2. The topological polar surface area (TPSA) is 59.9 Å². The number of hydrogen-bond donors (Lipinski definition) is 0.